The highest BCUT2D eigenvalue weighted by Gasteiger charge is 2.13. The number of benzene rings is 1. The predicted molar refractivity (Wildman–Crippen MR) is 68.7 cm³/mol. The van der Waals surface area contributed by atoms with E-state index in [4.69, 9.17) is 4.74 Å². The Hall–Kier alpha value is -0.0600. The van der Waals surface area contributed by atoms with E-state index in [-0.39, 0.29) is 0 Å². The SMILES string of the molecule is COc1c(Br)sc2cccc(CBr)c12. The zero-order chi connectivity index (χ0) is 10.1. The quantitative estimate of drug-likeness (QED) is 0.730. The molecule has 14 heavy (non-hydrogen) atoms. The van der Waals surface area contributed by atoms with E-state index in [1.807, 2.05) is 0 Å². The van der Waals surface area contributed by atoms with E-state index in [0.717, 1.165) is 14.9 Å². The lowest BCUT2D eigenvalue weighted by Gasteiger charge is -2.02. The molecule has 1 aromatic heterocycles. The normalized spacial score (nSPS) is 10.8. The zero-order valence-electron chi connectivity index (χ0n) is 7.51. The third-order valence-electron chi connectivity index (χ3n) is 2.07. The van der Waals surface area contributed by atoms with Gasteiger partial charge in [0.2, 0.25) is 0 Å². The molecule has 0 amide bonds. The summed E-state index contributed by atoms with van der Waals surface area (Å²) in [6.07, 6.45) is 0. The molecule has 0 bridgehead atoms. The van der Waals surface area contributed by atoms with Crippen molar-refractivity contribution in [1.29, 1.82) is 0 Å². The Morgan fingerprint density at radius 2 is 2.21 bits per heavy atom. The smallest absolute Gasteiger partial charge is 0.152 e. The van der Waals surface area contributed by atoms with Crippen molar-refractivity contribution in [2.24, 2.45) is 0 Å². The van der Waals surface area contributed by atoms with Gasteiger partial charge in [0.05, 0.1) is 7.11 Å². The summed E-state index contributed by atoms with van der Waals surface area (Å²) in [5, 5.41) is 2.06. The summed E-state index contributed by atoms with van der Waals surface area (Å²) in [7, 11) is 1.71. The van der Waals surface area contributed by atoms with Crippen LogP contribution < -0.4 is 4.74 Å². The summed E-state index contributed by atoms with van der Waals surface area (Å²) < 4.78 is 7.70. The summed E-state index contributed by atoms with van der Waals surface area (Å²) >= 11 is 8.70. The van der Waals surface area contributed by atoms with Crippen molar-refractivity contribution in [2.45, 2.75) is 5.33 Å². The van der Waals surface area contributed by atoms with Crippen molar-refractivity contribution in [1.82, 2.24) is 0 Å². The Morgan fingerprint density at radius 1 is 1.43 bits per heavy atom. The molecule has 0 N–H and O–H groups in total. The van der Waals surface area contributed by atoms with E-state index in [9.17, 15) is 0 Å². The summed E-state index contributed by atoms with van der Waals surface area (Å²) in [5.41, 5.74) is 1.27. The van der Waals surface area contributed by atoms with Crippen LogP contribution in [0.15, 0.2) is 22.0 Å². The number of methoxy groups -OCH3 is 1. The molecule has 74 valence electrons. The molecular formula is C10H8Br2OS. The second kappa shape index (κ2) is 4.21. The number of rotatable bonds is 2. The van der Waals surface area contributed by atoms with Gasteiger partial charge in [0.1, 0.15) is 3.79 Å². The van der Waals surface area contributed by atoms with Crippen LogP contribution in [-0.2, 0) is 5.33 Å². The molecule has 0 atom stereocenters. The summed E-state index contributed by atoms with van der Waals surface area (Å²) in [6, 6.07) is 6.29. The maximum Gasteiger partial charge on any atom is 0.152 e. The molecule has 0 aliphatic carbocycles. The Kier molecular flexibility index (Phi) is 3.14. The molecule has 0 saturated carbocycles. The predicted octanol–water partition coefficient (Wildman–Crippen LogP) is 4.57. The number of halogens is 2. The lowest BCUT2D eigenvalue weighted by Crippen LogP contribution is -1.84. The standard InChI is InChI=1S/C10H8Br2OS/c1-13-9-8-6(5-11)3-2-4-7(8)14-10(9)12/h2-4H,5H2,1H3. The minimum atomic E-state index is 0.851. The number of hydrogen-bond acceptors (Lipinski definition) is 2. The molecule has 2 rings (SSSR count). The highest BCUT2D eigenvalue weighted by molar-refractivity contribution is 9.11. The van der Waals surface area contributed by atoms with E-state index in [2.05, 4.69) is 50.1 Å². The molecule has 1 aromatic carbocycles. The second-order valence-electron chi connectivity index (χ2n) is 2.83. The molecule has 1 heterocycles. The number of thiophene rings is 1. The molecule has 0 spiro atoms. The van der Waals surface area contributed by atoms with Crippen LogP contribution in [0.5, 0.6) is 5.75 Å². The van der Waals surface area contributed by atoms with Crippen molar-refractivity contribution in [3.05, 3.63) is 27.5 Å². The molecule has 2 aromatic rings. The van der Waals surface area contributed by atoms with Crippen LogP contribution in [0, 0.1) is 0 Å². The third-order valence-corrected chi connectivity index (χ3v) is 4.44. The molecule has 0 unspecified atom stereocenters. The Morgan fingerprint density at radius 3 is 2.86 bits per heavy atom. The van der Waals surface area contributed by atoms with Crippen molar-refractivity contribution >= 4 is 53.3 Å². The first-order valence-electron chi connectivity index (χ1n) is 4.07. The van der Waals surface area contributed by atoms with Crippen molar-refractivity contribution < 1.29 is 4.74 Å². The lowest BCUT2D eigenvalue weighted by atomic mass is 10.1. The minimum absolute atomic E-state index is 0.851. The minimum Gasteiger partial charge on any atom is -0.494 e. The highest BCUT2D eigenvalue weighted by atomic mass is 79.9. The van der Waals surface area contributed by atoms with Crippen molar-refractivity contribution in [3.8, 4) is 5.75 Å². The van der Waals surface area contributed by atoms with E-state index < -0.39 is 0 Å². The average Bonchev–Trinajstić information content (AvgIpc) is 2.52. The van der Waals surface area contributed by atoms with Gasteiger partial charge < -0.3 is 4.74 Å². The molecule has 0 fully saturated rings. The van der Waals surface area contributed by atoms with Gasteiger partial charge >= 0.3 is 0 Å². The molecule has 0 aliphatic heterocycles. The van der Waals surface area contributed by atoms with Crippen LogP contribution in [0.4, 0.5) is 0 Å². The first kappa shape index (κ1) is 10.5. The second-order valence-corrected chi connectivity index (χ2v) is 5.76. The van der Waals surface area contributed by atoms with Crippen LogP contribution in [0.1, 0.15) is 5.56 Å². The van der Waals surface area contributed by atoms with Gasteiger partial charge in [-0.25, -0.2) is 0 Å². The molecule has 1 nitrogen and oxygen atoms in total. The fraction of sp³-hybridized carbons (Fsp3) is 0.200. The number of ether oxygens (including phenoxy) is 1. The Balaban J connectivity index is 2.82. The van der Waals surface area contributed by atoms with Gasteiger partial charge in [-0.1, -0.05) is 28.1 Å². The third kappa shape index (κ3) is 1.59. The first-order chi connectivity index (χ1) is 6.77. The average molecular weight is 336 g/mol. The number of fused-ring (bicyclic) bond motifs is 1. The zero-order valence-corrected chi connectivity index (χ0v) is 11.5. The maximum atomic E-state index is 5.38. The van der Waals surface area contributed by atoms with Crippen LogP contribution in [0.2, 0.25) is 0 Å². The van der Waals surface area contributed by atoms with Gasteiger partial charge in [-0.3, -0.25) is 0 Å². The summed E-state index contributed by atoms with van der Waals surface area (Å²) in [6.45, 7) is 0. The molecule has 0 radical (unpaired) electrons. The van der Waals surface area contributed by atoms with E-state index in [0.29, 0.717) is 0 Å². The van der Waals surface area contributed by atoms with Gasteiger partial charge in [0.25, 0.3) is 0 Å². The molecular weight excluding hydrogens is 328 g/mol. The van der Waals surface area contributed by atoms with Gasteiger partial charge in [-0.05, 0) is 27.6 Å². The molecule has 4 heteroatoms. The van der Waals surface area contributed by atoms with Gasteiger partial charge in [-0.2, -0.15) is 0 Å². The van der Waals surface area contributed by atoms with Crippen LogP contribution in [-0.4, -0.2) is 7.11 Å². The van der Waals surface area contributed by atoms with Crippen LogP contribution in [0.25, 0.3) is 10.1 Å². The van der Waals surface area contributed by atoms with Gasteiger partial charge in [0.15, 0.2) is 5.75 Å². The Labute approximate surface area is 103 Å². The highest BCUT2D eigenvalue weighted by Crippen LogP contribution is 2.43. The number of hydrogen-bond donors (Lipinski definition) is 0. The van der Waals surface area contributed by atoms with E-state index in [1.165, 1.54) is 15.6 Å². The largest absolute Gasteiger partial charge is 0.494 e. The monoisotopic (exact) mass is 334 g/mol. The number of alkyl halides is 1. The fourth-order valence-electron chi connectivity index (χ4n) is 1.45. The first-order valence-corrected chi connectivity index (χ1v) is 6.81. The van der Waals surface area contributed by atoms with Crippen molar-refractivity contribution in [3.63, 3.8) is 0 Å². The van der Waals surface area contributed by atoms with E-state index >= 15 is 0 Å². The van der Waals surface area contributed by atoms with Crippen LogP contribution in [0.3, 0.4) is 0 Å². The van der Waals surface area contributed by atoms with Gasteiger partial charge in [-0.15, -0.1) is 11.3 Å². The van der Waals surface area contributed by atoms with Crippen LogP contribution >= 0.6 is 43.2 Å². The topological polar surface area (TPSA) is 9.23 Å². The molecule has 0 aliphatic rings. The fourth-order valence-corrected chi connectivity index (χ4v) is 3.75. The van der Waals surface area contributed by atoms with Gasteiger partial charge in [0, 0.05) is 15.4 Å². The Bertz CT molecular complexity index is 464. The van der Waals surface area contributed by atoms with E-state index in [1.54, 1.807) is 18.4 Å². The van der Waals surface area contributed by atoms with Crippen molar-refractivity contribution in [2.75, 3.05) is 7.11 Å². The summed E-state index contributed by atoms with van der Waals surface area (Å²) in [5.74, 6) is 0.944. The lowest BCUT2D eigenvalue weighted by molar-refractivity contribution is 0.419. The molecule has 0 saturated heterocycles. The maximum absolute atomic E-state index is 5.38. The summed E-state index contributed by atoms with van der Waals surface area (Å²) in [4.78, 5) is 0.